The zero-order valence-electron chi connectivity index (χ0n) is 15.7. The Morgan fingerprint density at radius 3 is 2.50 bits per heavy atom. The van der Waals surface area contributed by atoms with Gasteiger partial charge in [0.2, 0.25) is 0 Å². The minimum absolute atomic E-state index is 0.164. The predicted molar refractivity (Wildman–Crippen MR) is 109 cm³/mol. The zero-order chi connectivity index (χ0) is 19.8. The highest BCUT2D eigenvalue weighted by molar-refractivity contribution is 6.31. The summed E-state index contributed by atoms with van der Waals surface area (Å²) in [5, 5.41) is 7.44. The van der Waals surface area contributed by atoms with E-state index in [9.17, 15) is 9.59 Å². The minimum atomic E-state index is -0.821. The third-order valence-electron chi connectivity index (χ3n) is 5.44. The van der Waals surface area contributed by atoms with Gasteiger partial charge in [-0.05, 0) is 36.1 Å². The maximum absolute atomic E-state index is 13.5. The van der Waals surface area contributed by atoms with Crippen molar-refractivity contribution in [3.63, 3.8) is 0 Å². The number of carbonyl (C=O) groups excluding carboxylic acids is 2. The van der Waals surface area contributed by atoms with Crippen molar-refractivity contribution in [2.45, 2.75) is 19.4 Å². The lowest BCUT2D eigenvalue weighted by molar-refractivity contribution is -0.151. The summed E-state index contributed by atoms with van der Waals surface area (Å²) in [4.78, 5) is 25.8. The van der Waals surface area contributed by atoms with E-state index in [4.69, 9.17) is 16.3 Å². The number of para-hydroxylation sites is 2. The van der Waals surface area contributed by atoms with Crippen LogP contribution in [-0.2, 0) is 14.3 Å². The molecule has 28 heavy (non-hydrogen) atoms. The van der Waals surface area contributed by atoms with Crippen LogP contribution in [0.2, 0.25) is 5.02 Å². The largest absolute Gasteiger partial charge is 0.468 e. The van der Waals surface area contributed by atoms with Crippen LogP contribution in [0.1, 0.15) is 24.9 Å². The summed E-state index contributed by atoms with van der Waals surface area (Å²) >= 11 is 6.49. The fourth-order valence-corrected chi connectivity index (χ4v) is 4.32. The first-order valence-corrected chi connectivity index (χ1v) is 9.61. The van der Waals surface area contributed by atoms with E-state index in [1.54, 1.807) is 6.07 Å². The molecule has 5 nitrogen and oxygen atoms in total. The molecule has 0 aromatic heterocycles. The zero-order valence-corrected chi connectivity index (χ0v) is 16.4. The van der Waals surface area contributed by atoms with Gasteiger partial charge < -0.3 is 15.4 Å². The average Bonchev–Trinajstić information content (AvgIpc) is 2.84. The van der Waals surface area contributed by atoms with E-state index in [0.717, 1.165) is 22.6 Å². The van der Waals surface area contributed by atoms with E-state index in [1.165, 1.54) is 7.11 Å². The van der Waals surface area contributed by atoms with Gasteiger partial charge in [0, 0.05) is 16.3 Å². The Hall–Kier alpha value is -2.79. The summed E-state index contributed by atoms with van der Waals surface area (Å²) in [6, 6.07) is 14.8. The highest BCUT2D eigenvalue weighted by atomic mass is 35.5. The Morgan fingerprint density at radius 2 is 1.79 bits per heavy atom. The van der Waals surface area contributed by atoms with Crippen molar-refractivity contribution in [2.24, 2.45) is 11.8 Å². The smallest absolute Gasteiger partial charge is 0.316 e. The van der Waals surface area contributed by atoms with E-state index in [-0.39, 0.29) is 11.7 Å². The average molecular weight is 397 g/mol. The molecule has 2 aliphatic rings. The van der Waals surface area contributed by atoms with Crippen LogP contribution in [0.5, 0.6) is 0 Å². The van der Waals surface area contributed by atoms with E-state index < -0.39 is 17.9 Å². The lowest BCUT2D eigenvalue weighted by Gasteiger charge is -2.32. The molecule has 2 aromatic rings. The number of hydrogen-bond acceptors (Lipinski definition) is 5. The molecule has 0 spiro atoms. The molecule has 0 bridgehead atoms. The summed E-state index contributed by atoms with van der Waals surface area (Å²) in [6.45, 7) is 1.90. The summed E-state index contributed by atoms with van der Waals surface area (Å²) in [6.07, 6.45) is 0.567. The lowest BCUT2D eigenvalue weighted by atomic mass is 9.75. The number of rotatable bonds is 2. The Bertz CT molecular complexity index is 985. The van der Waals surface area contributed by atoms with Gasteiger partial charge in [-0.2, -0.15) is 0 Å². The van der Waals surface area contributed by atoms with Gasteiger partial charge in [0.05, 0.1) is 24.5 Å². The quantitative estimate of drug-likeness (QED) is 0.575. The van der Waals surface area contributed by atoms with Gasteiger partial charge in [-0.25, -0.2) is 0 Å². The van der Waals surface area contributed by atoms with Crippen molar-refractivity contribution >= 4 is 34.7 Å². The van der Waals surface area contributed by atoms with E-state index in [1.807, 2.05) is 49.4 Å². The number of allylic oxidation sites excluding steroid dienone is 1. The SMILES string of the molecule is COC(=O)[C@@H]1C(=O)C2=C(C[C@H]1C)Nc1ccccc1N[C@@H]2c1ccccc1Cl. The number of Topliss-reactive ketones (excluding diaryl/α,β-unsaturated/α-hetero) is 1. The van der Waals surface area contributed by atoms with Gasteiger partial charge >= 0.3 is 5.97 Å². The third kappa shape index (κ3) is 3.06. The number of esters is 1. The molecule has 0 unspecified atom stereocenters. The molecule has 0 fully saturated rings. The first kappa shape index (κ1) is 18.6. The number of hydrogen-bond donors (Lipinski definition) is 2. The first-order valence-electron chi connectivity index (χ1n) is 9.23. The summed E-state index contributed by atoms with van der Waals surface area (Å²) in [5.74, 6) is -1.70. The standard InChI is InChI=1S/C22H21ClN2O3/c1-12-11-17-19(21(26)18(12)22(27)28-2)20(13-7-3-4-8-14(13)23)25-16-10-6-5-9-15(16)24-17/h3-10,12,18,20,24-25H,11H2,1-2H3/t12-,18+,20-/m1/s1. The number of methoxy groups -OCH3 is 1. The van der Waals surface area contributed by atoms with Gasteiger partial charge in [-0.3, -0.25) is 9.59 Å². The highest BCUT2D eigenvalue weighted by Crippen LogP contribution is 2.44. The molecule has 2 aromatic carbocycles. The second-order valence-electron chi connectivity index (χ2n) is 7.21. The first-order chi connectivity index (χ1) is 13.5. The molecule has 1 aliphatic carbocycles. The maximum atomic E-state index is 13.5. The highest BCUT2D eigenvalue weighted by Gasteiger charge is 2.44. The number of ether oxygens (including phenoxy) is 1. The van der Waals surface area contributed by atoms with E-state index in [0.29, 0.717) is 17.0 Å². The van der Waals surface area contributed by atoms with Gasteiger partial charge in [0.1, 0.15) is 5.92 Å². The molecule has 1 aliphatic heterocycles. The van der Waals surface area contributed by atoms with Crippen LogP contribution in [0.15, 0.2) is 59.8 Å². The molecule has 0 radical (unpaired) electrons. The summed E-state index contributed by atoms with van der Waals surface area (Å²) in [5.41, 5.74) is 3.91. The van der Waals surface area contributed by atoms with Crippen LogP contribution in [0.3, 0.4) is 0 Å². The second kappa shape index (κ2) is 7.32. The normalized spacial score (nSPS) is 23.7. The van der Waals surface area contributed by atoms with Crippen molar-refractivity contribution in [1.29, 1.82) is 0 Å². The van der Waals surface area contributed by atoms with Gasteiger partial charge in [-0.15, -0.1) is 0 Å². The van der Waals surface area contributed by atoms with Crippen LogP contribution in [0.4, 0.5) is 11.4 Å². The minimum Gasteiger partial charge on any atom is -0.468 e. The molecule has 4 rings (SSSR count). The Kier molecular flexibility index (Phi) is 4.85. The molecule has 0 saturated heterocycles. The predicted octanol–water partition coefficient (Wildman–Crippen LogP) is 4.57. The third-order valence-corrected chi connectivity index (χ3v) is 5.78. The number of halogens is 1. The summed E-state index contributed by atoms with van der Waals surface area (Å²) in [7, 11) is 1.32. The number of nitrogens with one attached hydrogen (secondary N) is 2. The summed E-state index contributed by atoms with van der Waals surface area (Å²) < 4.78 is 4.92. The van der Waals surface area contributed by atoms with Crippen LogP contribution in [-0.4, -0.2) is 18.9 Å². The van der Waals surface area contributed by atoms with Crippen molar-refractivity contribution in [3.05, 3.63) is 70.4 Å². The fourth-order valence-electron chi connectivity index (χ4n) is 4.08. The van der Waals surface area contributed by atoms with E-state index >= 15 is 0 Å². The molecule has 0 amide bonds. The number of ketones is 1. The van der Waals surface area contributed by atoms with Crippen molar-refractivity contribution in [2.75, 3.05) is 17.7 Å². The van der Waals surface area contributed by atoms with Crippen molar-refractivity contribution < 1.29 is 14.3 Å². The van der Waals surface area contributed by atoms with Crippen LogP contribution >= 0.6 is 11.6 Å². The lowest BCUT2D eigenvalue weighted by Crippen LogP contribution is -2.39. The fraction of sp³-hybridized carbons (Fsp3) is 0.273. The molecular weight excluding hydrogens is 376 g/mol. The Morgan fingerprint density at radius 1 is 1.11 bits per heavy atom. The molecule has 0 saturated carbocycles. The van der Waals surface area contributed by atoms with Crippen LogP contribution in [0.25, 0.3) is 0 Å². The van der Waals surface area contributed by atoms with Gasteiger partial charge in [-0.1, -0.05) is 48.9 Å². The van der Waals surface area contributed by atoms with Crippen molar-refractivity contribution in [3.8, 4) is 0 Å². The topological polar surface area (TPSA) is 67.4 Å². The molecule has 2 N–H and O–H groups in total. The Balaban J connectivity index is 1.90. The van der Waals surface area contributed by atoms with Gasteiger partial charge in [0.25, 0.3) is 0 Å². The molecular formula is C22H21ClN2O3. The van der Waals surface area contributed by atoms with Crippen molar-refractivity contribution in [1.82, 2.24) is 0 Å². The molecule has 1 heterocycles. The second-order valence-corrected chi connectivity index (χ2v) is 7.62. The molecule has 144 valence electrons. The maximum Gasteiger partial charge on any atom is 0.316 e. The number of anilines is 2. The number of benzene rings is 2. The van der Waals surface area contributed by atoms with Crippen LogP contribution < -0.4 is 10.6 Å². The van der Waals surface area contributed by atoms with Gasteiger partial charge in [0.15, 0.2) is 5.78 Å². The van der Waals surface area contributed by atoms with Crippen LogP contribution in [0, 0.1) is 11.8 Å². The number of carbonyl (C=O) groups is 2. The molecule has 3 atom stereocenters. The number of fused-ring (bicyclic) bond motifs is 1. The molecule has 6 heteroatoms. The van der Waals surface area contributed by atoms with E-state index in [2.05, 4.69) is 10.6 Å². The monoisotopic (exact) mass is 396 g/mol. The Labute approximate surface area is 168 Å².